The van der Waals surface area contributed by atoms with Crippen LogP contribution in [0.3, 0.4) is 0 Å². The maximum Gasteiger partial charge on any atom is 0.227 e. The van der Waals surface area contributed by atoms with Gasteiger partial charge in [0.2, 0.25) is 5.91 Å². The Morgan fingerprint density at radius 2 is 2.04 bits per heavy atom. The van der Waals surface area contributed by atoms with Crippen molar-refractivity contribution in [2.75, 3.05) is 19.7 Å². The Morgan fingerprint density at radius 1 is 1.35 bits per heavy atom. The summed E-state index contributed by atoms with van der Waals surface area (Å²) in [6, 6.07) is 10.4. The molecule has 0 saturated carbocycles. The van der Waals surface area contributed by atoms with E-state index < -0.39 is 0 Å². The number of halogens is 1. The van der Waals surface area contributed by atoms with Crippen LogP contribution in [0.2, 0.25) is 0 Å². The summed E-state index contributed by atoms with van der Waals surface area (Å²) in [5, 5.41) is 0. The molecule has 0 bridgehead atoms. The van der Waals surface area contributed by atoms with E-state index in [1.807, 2.05) is 24.8 Å². The van der Waals surface area contributed by atoms with Crippen molar-refractivity contribution in [2.45, 2.75) is 45.3 Å². The number of ether oxygens (including phenoxy) is 1. The highest BCUT2D eigenvalue weighted by molar-refractivity contribution is 5.85. The average molecular weight is 341 g/mol. The van der Waals surface area contributed by atoms with Crippen LogP contribution in [-0.4, -0.2) is 42.6 Å². The van der Waals surface area contributed by atoms with Crippen LogP contribution in [0.4, 0.5) is 0 Å². The highest BCUT2D eigenvalue weighted by Crippen LogP contribution is 2.17. The normalized spacial score (nSPS) is 20.0. The number of nitrogens with two attached hydrogens (primary N) is 1. The van der Waals surface area contributed by atoms with Gasteiger partial charge in [-0.1, -0.05) is 37.3 Å². The van der Waals surface area contributed by atoms with Gasteiger partial charge < -0.3 is 15.4 Å². The van der Waals surface area contributed by atoms with Gasteiger partial charge in [-0.25, -0.2) is 0 Å². The van der Waals surface area contributed by atoms with Gasteiger partial charge >= 0.3 is 0 Å². The van der Waals surface area contributed by atoms with Crippen molar-refractivity contribution >= 4 is 18.3 Å². The Labute approximate surface area is 145 Å². The summed E-state index contributed by atoms with van der Waals surface area (Å²) in [5.74, 6) is 0.0437. The molecule has 5 heteroatoms. The number of likely N-dealkylation sites (tertiary alicyclic amines) is 1. The maximum atomic E-state index is 12.2. The van der Waals surface area contributed by atoms with Gasteiger partial charge in [-0.3, -0.25) is 4.79 Å². The van der Waals surface area contributed by atoms with Crippen molar-refractivity contribution < 1.29 is 9.53 Å². The lowest BCUT2D eigenvalue weighted by Gasteiger charge is -2.23. The average Bonchev–Trinajstić information content (AvgIpc) is 3.00. The molecular formula is C18H29ClN2O2. The number of aryl methyl sites for hydroxylation is 1. The van der Waals surface area contributed by atoms with Crippen molar-refractivity contribution in [3.05, 3.63) is 35.9 Å². The molecule has 1 heterocycles. The zero-order valence-corrected chi connectivity index (χ0v) is 14.9. The Balaban J connectivity index is 0.00000264. The lowest BCUT2D eigenvalue weighted by atomic mass is 10.0. The molecule has 4 nitrogen and oxygen atoms in total. The first kappa shape index (κ1) is 19.9. The molecule has 1 aliphatic rings. The molecule has 0 radical (unpaired) electrons. The van der Waals surface area contributed by atoms with Gasteiger partial charge in [0, 0.05) is 25.7 Å². The zero-order valence-electron chi connectivity index (χ0n) is 14.1. The van der Waals surface area contributed by atoms with E-state index in [2.05, 4.69) is 24.3 Å². The molecule has 3 atom stereocenters. The molecular weight excluding hydrogens is 312 g/mol. The number of hydrogen-bond donors (Lipinski definition) is 1. The number of hydrogen-bond acceptors (Lipinski definition) is 3. The van der Waals surface area contributed by atoms with Gasteiger partial charge in [-0.15, -0.1) is 12.4 Å². The molecule has 1 amide bonds. The second-order valence-corrected chi connectivity index (χ2v) is 6.30. The third-order valence-corrected chi connectivity index (χ3v) is 4.44. The van der Waals surface area contributed by atoms with Crippen LogP contribution in [0.1, 0.15) is 32.3 Å². The van der Waals surface area contributed by atoms with Gasteiger partial charge in [-0.05, 0) is 31.7 Å². The summed E-state index contributed by atoms with van der Waals surface area (Å²) in [4.78, 5) is 14.1. The molecule has 2 rings (SSSR count). The Hall–Kier alpha value is -1.10. The van der Waals surface area contributed by atoms with Crippen LogP contribution in [-0.2, 0) is 16.0 Å². The monoisotopic (exact) mass is 340 g/mol. The van der Waals surface area contributed by atoms with E-state index in [-0.39, 0.29) is 36.4 Å². The van der Waals surface area contributed by atoms with Gasteiger partial charge in [-0.2, -0.15) is 0 Å². The fraction of sp³-hybridized carbons (Fsp3) is 0.611. The quantitative estimate of drug-likeness (QED) is 0.776. The van der Waals surface area contributed by atoms with E-state index in [4.69, 9.17) is 10.5 Å². The number of carbonyl (C=O) groups is 1. The fourth-order valence-electron chi connectivity index (χ4n) is 2.75. The SMILES string of the molecule is CC(N)C(C)C(=O)N1CCC(OCCCc2ccccc2)C1.Cl. The second kappa shape index (κ2) is 9.91. The lowest BCUT2D eigenvalue weighted by Crippen LogP contribution is -2.41. The highest BCUT2D eigenvalue weighted by Gasteiger charge is 2.30. The minimum Gasteiger partial charge on any atom is -0.376 e. The topological polar surface area (TPSA) is 55.6 Å². The summed E-state index contributed by atoms with van der Waals surface area (Å²) in [6.07, 6.45) is 3.17. The van der Waals surface area contributed by atoms with Crippen molar-refractivity contribution in [1.29, 1.82) is 0 Å². The zero-order chi connectivity index (χ0) is 15.9. The largest absolute Gasteiger partial charge is 0.376 e. The summed E-state index contributed by atoms with van der Waals surface area (Å²) in [5.41, 5.74) is 7.16. The Bertz CT molecular complexity index is 467. The predicted octanol–water partition coefficient (Wildman–Crippen LogP) is 2.64. The fourth-order valence-corrected chi connectivity index (χ4v) is 2.75. The van der Waals surface area contributed by atoms with Gasteiger partial charge in [0.15, 0.2) is 0 Å². The molecule has 130 valence electrons. The number of carbonyl (C=O) groups excluding carboxylic acids is 1. The smallest absolute Gasteiger partial charge is 0.227 e. The summed E-state index contributed by atoms with van der Waals surface area (Å²) >= 11 is 0. The second-order valence-electron chi connectivity index (χ2n) is 6.30. The predicted molar refractivity (Wildman–Crippen MR) is 95.8 cm³/mol. The Kier molecular flexibility index (Phi) is 8.59. The van der Waals surface area contributed by atoms with Crippen molar-refractivity contribution in [3.63, 3.8) is 0 Å². The molecule has 0 aliphatic carbocycles. The molecule has 1 saturated heterocycles. The number of nitrogens with zero attached hydrogens (tertiary/aromatic N) is 1. The molecule has 0 aromatic heterocycles. The number of amides is 1. The van der Waals surface area contributed by atoms with Crippen LogP contribution in [0.15, 0.2) is 30.3 Å². The van der Waals surface area contributed by atoms with E-state index in [1.54, 1.807) is 0 Å². The molecule has 3 unspecified atom stereocenters. The first-order valence-corrected chi connectivity index (χ1v) is 8.28. The standard InChI is InChI=1S/C18H28N2O2.ClH/c1-14(15(2)19)18(21)20-11-10-17(13-20)22-12-6-9-16-7-4-3-5-8-16;/h3-5,7-8,14-15,17H,6,9-13,19H2,1-2H3;1H. The molecule has 1 aliphatic heterocycles. The molecule has 0 spiro atoms. The van der Waals surface area contributed by atoms with Gasteiger partial charge in [0.05, 0.1) is 12.0 Å². The molecule has 1 aromatic rings. The number of benzene rings is 1. The minimum absolute atomic E-state index is 0. The Morgan fingerprint density at radius 3 is 2.70 bits per heavy atom. The van der Waals surface area contributed by atoms with Crippen LogP contribution >= 0.6 is 12.4 Å². The summed E-state index contributed by atoms with van der Waals surface area (Å²) < 4.78 is 5.92. The van der Waals surface area contributed by atoms with Crippen LogP contribution in [0.5, 0.6) is 0 Å². The van der Waals surface area contributed by atoms with Gasteiger partial charge in [0.1, 0.15) is 0 Å². The van der Waals surface area contributed by atoms with E-state index in [9.17, 15) is 4.79 Å². The van der Waals surface area contributed by atoms with Crippen LogP contribution < -0.4 is 5.73 Å². The third-order valence-electron chi connectivity index (χ3n) is 4.44. The first-order chi connectivity index (χ1) is 10.6. The first-order valence-electron chi connectivity index (χ1n) is 8.28. The molecule has 1 aromatic carbocycles. The van der Waals surface area contributed by atoms with Crippen LogP contribution in [0, 0.1) is 5.92 Å². The molecule has 23 heavy (non-hydrogen) atoms. The number of rotatable bonds is 7. The highest BCUT2D eigenvalue weighted by atomic mass is 35.5. The minimum atomic E-state index is -0.114. The van der Waals surface area contributed by atoms with Crippen LogP contribution in [0.25, 0.3) is 0 Å². The van der Waals surface area contributed by atoms with E-state index in [0.717, 1.165) is 32.4 Å². The molecule has 2 N–H and O–H groups in total. The van der Waals surface area contributed by atoms with E-state index in [0.29, 0.717) is 6.54 Å². The molecule has 1 fully saturated rings. The third kappa shape index (κ3) is 6.13. The summed E-state index contributed by atoms with van der Waals surface area (Å²) in [7, 11) is 0. The van der Waals surface area contributed by atoms with E-state index in [1.165, 1.54) is 5.56 Å². The van der Waals surface area contributed by atoms with Gasteiger partial charge in [0.25, 0.3) is 0 Å². The van der Waals surface area contributed by atoms with Crippen molar-refractivity contribution in [2.24, 2.45) is 11.7 Å². The summed E-state index contributed by atoms with van der Waals surface area (Å²) in [6.45, 7) is 6.04. The van der Waals surface area contributed by atoms with Crippen molar-refractivity contribution in [1.82, 2.24) is 4.90 Å². The lowest BCUT2D eigenvalue weighted by molar-refractivity contribution is -0.134. The van der Waals surface area contributed by atoms with Crippen molar-refractivity contribution in [3.8, 4) is 0 Å². The van der Waals surface area contributed by atoms with E-state index >= 15 is 0 Å². The maximum absolute atomic E-state index is 12.2.